The highest BCUT2D eigenvalue weighted by Gasteiger charge is 2.46. The van der Waals surface area contributed by atoms with Crippen LogP contribution in [0.5, 0.6) is 11.5 Å². The van der Waals surface area contributed by atoms with Crippen LogP contribution in [0, 0.1) is 5.92 Å². The second-order valence-corrected chi connectivity index (χ2v) is 8.06. The first-order valence-electron chi connectivity index (χ1n) is 9.33. The molecule has 8 heteroatoms. The highest BCUT2D eigenvalue weighted by Crippen LogP contribution is 2.50. The molecule has 3 aliphatic rings. The third kappa shape index (κ3) is 3.15. The van der Waals surface area contributed by atoms with Crippen LogP contribution < -0.4 is 9.47 Å². The van der Waals surface area contributed by atoms with Gasteiger partial charge >= 0.3 is 0 Å². The Labute approximate surface area is 170 Å². The van der Waals surface area contributed by atoms with Crippen LogP contribution in [0.1, 0.15) is 28.5 Å². The number of hydrogen-bond acceptors (Lipinski definition) is 5. The van der Waals surface area contributed by atoms with E-state index in [1.165, 1.54) is 0 Å². The van der Waals surface area contributed by atoms with Gasteiger partial charge in [-0.25, -0.2) is 0 Å². The first kappa shape index (κ1) is 17.6. The number of ether oxygens (including phenoxy) is 2. The maximum Gasteiger partial charge on any atom is 0.289 e. The van der Waals surface area contributed by atoms with Crippen LogP contribution in [-0.2, 0) is 4.79 Å². The Morgan fingerprint density at radius 2 is 1.71 bits per heavy atom. The van der Waals surface area contributed by atoms with Crippen molar-refractivity contribution in [1.82, 2.24) is 9.80 Å². The molecule has 5 rings (SSSR count). The van der Waals surface area contributed by atoms with E-state index in [2.05, 4.69) is 15.9 Å². The summed E-state index contributed by atoms with van der Waals surface area (Å²) in [5.74, 6) is 2.13. The zero-order chi connectivity index (χ0) is 19.3. The summed E-state index contributed by atoms with van der Waals surface area (Å²) >= 11 is 3.21. The van der Waals surface area contributed by atoms with Crippen molar-refractivity contribution in [3.63, 3.8) is 0 Å². The van der Waals surface area contributed by atoms with Crippen molar-refractivity contribution < 1.29 is 23.5 Å². The molecule has 146 valence electrons. The zero-order valence-corrected chi connectivity index (χ0v) is 16.7. The van der Waals surface area contributed by atoms with Crippen LogP contribution in [0.15, 0.2) is 39.4 Å². The molecule has 1 saturated heterocycles. The molecule has 3 heterocycles. The van der Waals surface area contributed by atoms with Crippen LogP contribution in [0.25, 0.3) is 0 Å². The van der Waals surface area contributed by atoms with Crippen molar-refractivity contribution in [2.24, 2.45) is 5.92 Å². The number of furan rings is 1. The van der Waals surface area contributed by atoms with Gasteiger partial charge in [-0.15, -0.1) is 0 Å². The van der Waals surface area contributed by atoms with Crippen molar-refractivity contribution >= 4 is 27.7 Å². The van der Waals surface area contributed by atoms with Gasteiger partial charge in [0.25, 0.3) is 5.91 Å². The molecule has 2 unspecified atom stereocenters. The Bertz CT molecular complexity index is 934. The molecule has 7 nitrogen and oxygen atoms in total. The zero-order valence-electron chi connectivity index (χ0n) is 15.1. The molecule has 1 aromatic carbocycles. The second-order valence-electron chi connectivity index (χ2n) is 7.28. The van der Waals surface area contributed by atoms with Gasteiger partial charge in [0.05, 0.1) is 0 Å². The normalized spacial score (nSPS) is 23.0. The predicted molar refractivity (Wildman–Crippen MR) is 102 cm³/mol. The fourth-order valence-corrected chi connectivity index (χ4v) is 4.24. The summed E-state index contributed by atoms with van der Waals surface area (Å²) in [5.41, 5.74) is 1.12. The number of piperazine rings is 1. The van der Waals surface area contributed by atoms with Crippen LogP contribution in [0.2, 0.25) is 0 Å². The molecule has 2 amide bonds. The maximum atomic E-state index is 12.9. The molecule has 2 aliphatic heterocycles. The van der Waals surface area contributed by atoms with Crippen LogP contribution in [-0.4, -0.2) is 54.6 Å². The Hall–Kier alpha value is -2.48. The number of halogens is 1. The lowest BCUT2D eigenvalue weighted by Gasteiger charge is -2.34. The molecule has 0 bridgehead atoms. The summed E-state index contributed by atoms with van der Waals surface area (Å²) in [7, 11) is 0. The monoisotopic (exact) mass is 446 g/mol. The van der Waals surface area contributed by atoms with Gasteiger partial charge in [-0.1, -0.05) is 6.07 Å². The summed E-state index contributed by atoms with van der Waals surface area (Å²) in [6, 6.07) is 9.28. The van der Waals surface area contributed by atoms with Gasteiger partial charge in [0, 0.05) is 32.1 Å². The van der Waals surface area contributed by atoms with E-state index in [-0.39, 0.29) is 30.4 Å². The van der Waals surface area contributed by atoms with Crippen molar-refractivity contribution in [2.45, 2.75) is 12.3 Å². The van der Waals surface area contributed by atoms with Gasteiger partial charge in [0.2, 0.25) is 12.7 Å². The summed E-state index contributed by atoms with van der Waals surface area (Å²) in [6.07, 6.45) is 0.859. The van der Waals surface area contributed by atoms with E-state index in [1.807, 2.05) is 23.1 Å². The fourth-order valence-electron chi connectivity index (χ4n) is 3.93. The number of hydrogen-bond donors (Lipinski definition) is 0. The van der Waals surface area contributed by atoms with Crippen molar-refractivity contribution in [3.05, 3.63) is 46.3 Å². The average Bonchev–Trinajstić information content (AvgIpc) is 3.16. The summed E-state index contributed by atoms with van der Waals surface area (Å²) in [6.45, 7) is 2.39. The number of carbonyl (C=O) groups excluding carboxylic acids is 2. The minimum atomic E-state index is -0.137. The van der Waals surface area contributed by atoms with Gasteiger partial charge in [-0.3, -0.25) is 9.59 Å². The molecule has 2 atom stereocenters. The number of carbonyl (C=O) groups is 2. The minimum absolute atomic E-state index is 0.0173. The first-order valence-corrected chi connectivity index (χ1v) is 10.1. The molecular formula is C20H19BrN2O5. The SMILES string of the molecule is O=C(c1ccc(Br)o1)N1CCN(C(=O)C2CC2c2ccc3c(c2)OCO3)CC1. The van der Waals surface area contributed by atoms with Gasteiger partial charge < -0.3 is 23.7 Å². The fraction of sp³-hybridized carbons (Fsp3) is 0.400. The van der Waals surface area contributed by atoms with Crippen LogP contribution in [0.3, 0.4) is 0 Å². The van der Waals surface area contributed by atoms with Crippen molar-refractivity contribution in [3.8, 4) is 11.5 Å². The maximum absolute atomic E-state index is 12.9. The summed E-state index contributed by atoms with van der Waals surface area (Å²) in [4.78, 5) is 28.9. The van der Waals surface area contributed by atoms with E-state index >= 15 is 0 Å². The standard InChI is InChI=1S/C20H19BrN2O5/c21-18-4-3-16(28-18)20(25)23-7-5-22(6-8-23)19(24)14-10-13(14)12-1-2-15-17(9-12)27-11-26-15/h1-4,9,13-14H,5-8,10-11H2. The molecule has 0 radical (unpaired) electrons. The van der Waals surface area contributed by atoms with E-state index in [0.717, 1.165) is 23.5 Å². The highest BCUT2D eigenvalue weighted by molar-refractivity contribution is 9.10. The molecule has 0 N–H and O–H groups in total. The molecule has 28 heavy (non-hydrogen) atoms. The van der Waals surface area contributed by atoms with Gasteiger partial charge in [-0.05, 0) is 58.1 Å². The molecule has 2 fully saturated rings. The smallest absolute Gasteiger partial charge is 0.289 e. The number of amides is 2. The molecule has 1 aliphatic carbocycles. The van der Waals surface area contributed by atoms with E-state index in [9.17, 15) is 9.59 Å². The number of benzene rings is 1. The van der Waals surface area contributed by atoms with Crippen LogP contribution >= 0.6 is 15.9 Å². The number of fused-ring (bicyclic) bond motifs is 1. The van der Waals surface area contributed by atoms with E-state index in [4.69, 9.17) is 13.9 Å². The van der Waals surface area contributed by atoms with Crippen molar-refractivity contribution in [1.29, 1.82) is 0 Å². The van der Waals surface area contributed by atoms with E-state index in [0.29, 0.717) is 36.6 Å². The van der Waals surface area contributed by atoms with Gasteiger partial charge in [0.1, 0.15) is 0 Å². The molecule has 1 saturated carbocycles. The predicted octanol–water partition coefficient (Wildman–Crippen LogP) is 2.86. The molecular weight excluding hydrogens is 428 g/mol. The van der Waals surface area contributed by atoms with E-state index in [1.54, 1.807) is 17.0 Å². The molecule has 0 spiro atoms. The second kappa shape index (κ2) is 6.84. The number of rotatable bonds is 3. The van der Waals surface area contributed by atoms with Gasteiger partial charge in [0.15, 0.2) is 21.9 Å². The topological polar surface area (TPSA) is 72.2 Å². The van der Waals surface area contributed by atoms with E-state index < -0.39 is 0 Å². The summed E-state index contributed by atoms with van der Waals surface area (Å²) in [5, 5.41) is 0. The number of nitrogens with zero attached hydrogens (tertiary/aromatic N) is 2. The highest BCUT2D eigenvalue weighted by atomic mass is 79.9. The van der Waals surface area contributed by atoms with Crippen molar-refractivity contribution in [2.75, 3.05) is 33.0 Å². The Morgan fingerprint density at radius 3 is 2.46 bits per heavy atom. The Kier molecular flexibility index (Phi) is 4.30. The third-order valence-corrected chi connectivity index (χ3v) is 6.02. The quantitative estimate of drug-likeness (QED) is 0.724. The Morgan fingerprint density at radius 1 is 0.964 bits per heavy atom. The first-order chi connectivity index (χ1) is 13.6. The van der Waals surface area contributed by atoms with Gasteiger partial charge in [-0.2, -0.15) is 0 Å². The largest absolute Gasteiger partial charge is 0.454 e. The lowest BCUT2D eigenvalue weighted by Crippen LogP contribution is -2.51. The van der Waals surface area contributed by atoms with Crippen LogP contribution in [0.4, 0.5) is 0 Å². The minimum Gasteiger partial charge on any atom is -0.454 e. The lowest BCUT2D eigenvalue weighted by molar-refractivity contribution is -0.134. The Balaban J connectivity index is 1.17. The lowest BCUT2D eigenvalue weighted by atomic mass is 10.1. The molecule has 2 aromatic rings. The third-order valence-electron chi connectivity index (χ3n) is 5.59. The summed E-state index contributed by atoms with van der Waals surface area (Å²) < 4.78 is 16.7. The molecule has 1 aromatic heterocycles. The average molecular weight is 447 g/mol.